The lowest BCUT2D eigenvalue weighted by Gasteiger charge is -2.36. The molecule has 1 aliphatic rings. The van der Waals surface area contributed by atoms with Crippen molar-refractivity contribution in [3.05, 3.63) is 0 Å². The molecule has 1 aliphatic heterocycles. The molecule has 1 fully saturated rings. The number of amides is 2. The van der Waals surface area contributed by atoms with E-state index >= 15 is 0 Å². The molecule has 4 N–H and O–H groups in total. The molecule has 0 aromatic carbocycles. The van der Waals surface area contributed by atoms with Gasteiger partial charge in [0.05, 0.1) is 5.92 Å². The van der Waals surface area contributed by atoms with Crippen LogP contribution in [0, 0.1) is 11.8 Å². The second-order valence-corrected chi connectivity index (χ2v) is 5.03. The van der Waals surface area contributed by atoms with Crippen LogP contribution in [0.3, 0.4) is 0 Å². The van der Waals surface area contributed by atoms with Crippen LogP contribution < -0.4 is 11.5 Å². The van der Waals surface area contributed by atoms with Crippen molar-refractivity contribution in [2.24, 2.45) is 23.3 Å². The first-order valence-corrected chi connectivity index (χ1v) is 6.29. The van der Waals surface area contributed by atoms with Crippen LogP contribution in [0.15, 0.2) is 0 Å². The summed E-state index contributed by atoms with van der Waals surface area (Å²) in [7, 11) is 0. The van der Waals surface area contributed by atoms with Crippen molar-refractivity contribution in [2.75, 3.05) is 13.1 Å². The molecule has 0 spiro atoms. The maximum atomic E-state index is 12.3. The fourth-order valence-corrected chi connectivity index (χ4v) is 2.36. The zero-order valence-corrected chi connectivity index (χ0v) is 10.7. The van der Waals surface area contributed by atoms with Crippen LogP contribution in [0.25, 0.3) is 0 Å². The summed E-state index contributed by atoms with van der Waals surface area (Å²) in [6.45, 7) is 4.88. The molecule has 0 radical (unpaired) electrons. The molecule has 1 rings (SSSR count). The molecule has 2 atom stereocenters. The lowest BCUT2D eigenvalue weighted by molar-refractivity contribution is -0.145. The Morgan fingerprint density at radius 2 is 2.00 bits per heavy atom. The predicted molar refractivity (Wildman–Crippen MR) is 65.9 cm³/mol. The number of hydrogen-bond acceptors (Lipinski definition) is 3. The van der Waals surface area contributed by atoms with Gasteiger partial charge in [-0.15, -0.1) is 0 Å². The van der Waals surface area contributed by atoms with E-state index in [1.165, 1.54) is 0 Å². The number of piperidine rings is 1. The standard InChI is InChI=1S/C12H23N3O2/c1-8(2)9(7-13)12(17)15-6-4-3-5-10(15)11(14)16/h8-10H,3-7,13H2,1-2H3,(H2,14,16). The summed E-state index contributed by atoms with van der Waals surface area (Å²) in [6.07, 6.45) is 2.56. The highest BCUT2D eigenvalue weighted by Crippen LogP contribution is 2.21. The summed E-state index contributed by atoms with van der Waals surface area (Å²) < 4.78 is 0. The molecule has 0 aliphatic carbocycles. The lowest BCUT2D eigenvalue weighted by Crippen LogP contribution is -2.53. The molecular weight excluding hydrogens is 218 g/mol. The van der Waals surface area contributed by atoms with Gasteiger partial charge in [-0.05, 0) is 25.2 Å². The van der Waals surface area contributed by atoms with E-state index in [2.05, 4.69) is 0 Å². The van der Waals surface area contributed by atoms with Crippen molar-refractivity contribution < 1.29 is 9.59 Å². The summed E-state index contributed by atoms with van der Waals surface area (Å²) >= 11 is 0. The summed E-state index contributed by atoms with van der Waals surface area (Å²) in [5.74, 6) is -0.457. The number of carbonyl (C=O) groups is 2. The fraction of sp³-hybridized carbons (Fsp3) is 0.833. The van der Waals surface area contributed by atoms with E-state index in [1.807, 2.05) is 13.8 Å². The number of rotatable bonds is 4. The van der Waals surface area contributed by atoms with Gasteiger partial charge in [-0.1, -0.05) is 13.8 Å². The van der Waals surface area contributed by atoms with E-state index in [1.54, 1.807) is 4.90 Å². The summed E-state index contributed by atoms with van der Waals surface area (Å²) in [5.41, 5.74) is 11.0. The van der Waals surface area contributed by atoms with E-state index < -0.39 is 11.9 Å². The Bertz CT molecular complexity index is 291. The minimum atomic E-state index is -0.441. The van der Waals surface area contributed by atoms with Gasteiger partial charge >= 0.3 is 0 Å². The quantitative estimate of drug-likeness (QED) is 0.730. The topological polar surface area (TPSA) is 89.4 Å². The van der Waals surface area contributed by atoms with Gasteiger partial charge in [-0.2, -0.15) is 0 Å². The highest BCUT2D eigenvalue weighted by atomic mass is 16.2. The van der Waals surface area contributed by atoms with E-state index in [-0.39, 0.29) is 17.7 Å². The van der Waals surface area contributed by atoms with Crippen LogP contribution in [0.5, 0.6) is 0 Å². The maximum absolute atomic E-state index is 12.3. The third kappa shape index (κ3) is 3.19. The van der Waals surface area contributed by atoms with E-state index in [0.717, 1.165) is 12.8 Å². The highest BCUT2D eigenvalue weighted by Gasteiger charge is 2.34. The van der Waals surface area contributed by atoms with Crippen molar-refractivity contribution in [1.29, 1.82) is 0 Å². The van der Waals surface area contributed by atoms with Gasteiger partial charge in [0.1, 0.15) is 6.04 Å². The average Bonchev–Trinajstić information content (AvgIpc) is 2.29. The minimum absolute atomic E-state index is 0.0222. The summed E-state index contributed by atoms with van der Waals surface area (Å²) in [4.78, 5) is 25.3. The molecule has 0 aromatic rings. The number of carbonyl (C=O) groups excluding carboxylic acids is 2. The Morgan fingerprint density at radius 1 is 1.35 bits per heavy atom. The number of nitrogens with two attached hydrogens (primary N) is 2. The monoisotopic (exact) mass is 241 g/mol. The van der Waals surface area contributed by atoms with Crippen LogP contribution in [-0.4, -0.2) is 35.8 Å². The largest absolute Gasteiger partial charge is 0.368 e. The number of primary amides is 1. The van der Waals surface area contributed by atoms with Crippen molar-refractivity contribution in [1.82, 2.24) is 4.90 Å². The second-order valence-electron chi connectivity index (χ2n) is 5.03. The van der Waals surface area contributed by atoms with Crippen LogP contribution in [-0.2, 0) is 9.59 Å². The molecule has 0 bridgehead atoms. The highest BCUT2D eigenvalue weighted by molar-refractivity contribution is 5.88. The van der Waals surface area contributed by atoms with Gasteiger partial charge in [0.25, 0.3) is 0 Å². The van der Waals surface area contributed by atoms with Crippen LogP contribution in [0.1, 0.15) is 33.1 Å². The maximum Gasteiger partial charge on any atom is 0.240 e. The van der Waals surface area contributed by atoms with E-state index in [0.29, 0.717) is 19.5 Å². The van der Waals surface area contributed by atoms with Crippen molar-refractivity contribution in [3.63, 3.8) is 0 Å². The van der Waals surface area contributed by atoms with Gasteiger partial charge in [0.2, 0.25) is 11.8 Å². The third-order valence-corrected chi connectivity index (χ3v) is 3.49. The van der Waals surface area contributed by atoms with Gasteiger partial charge in [-0.25, -0.2) is 0 Å². The molecule has 1 heterocycles. The molecule has 5 nitrogen and oxygen atoms in total. The lowest BCUT2D eigenvalue weighted by atomic mass is 9.92. The molecular formula is C12H23N3O2. The second kappa shape index (κ2) is 6.00. The first-order chi connectivity index (χ1) is 7.99. The predicted octanol–water partition coefficient (Wildman–Crippen LogP) is 0.0837. The molecule has 2 amide bonds. The van der Waals surface area contributed by atoms with Crippen LogP contribution in [0.2, 0.25) is 0 Å². The first kappa shape index (κ1) is 14.0. The number of hydrogen-bond donors (Lipinski definition) is 2. The SMILES string of the molecule is CC(C)C(CN)C(=O)N1CCCCC1C(N)=O. The molecule has 98 valence electrons. The normalized spacial score (nSPS) is 22.6. The number of likely N-dealkylation sites (tertiary alicyclic amines) is 1. The van der Waals surface area contributed by atoms with Crippen LogP contribution >= 0.6 is 0 Å². The van der Waals surface area contributed by atoms with Gasteiger partial charge in [-0.3, -0.25) is 9.59 Å². The Balaban J connectivity index is 2.80. The Labute approximate surface area is 103 Å². The Morgan fingerprint density at radius 3 is 2.47 bits per heavy atom. The van der Waals surface area contributed by atoms with Crippen molar-refractivity contribution >= 4 is 11.8 Å². The number of nitrogens with zero attached hydrogens (tertiary/aromatic N) is 1. The van der Waals surface area contributed by atoms with Crippen molar-refractivity contribution in [2.45, 2.75) is 39.2 Å². The minimum Gasteiger partial charge on any atom is -0.368 e. The fourth-order valence-electron chi connectivity index (χ4n) is 2.36. The molecule has 1 saturated heterocycles. The molecule has 17 heavy (non-hydrogen) atoms. The summed E-state index contributed by atoms with van der Waals surface area (Å²) in [5, 5.41) is 0. The zero-order chi connectivity index (χ0) is 13.0. The molecule has 0 saturated carbocycles. The smallest absolute Gasteiger partial charge is 0.240 e. The summed E-state index contributed by atoms with van der Waals surface area (Å²) in [6, 6.07) is -0.441. The zero-order valence-electron chi connectivity index (χ0n) is 10.7. The third-order valence-electron chi connectivity index (χ3n) is 3.49. The Hall–Kier alpha value is -1.10. The molecule has 0 aromatic heterocycles. The van der Waals surface area contributed by atoms with Gasteiger partial charge < -0.3 is 16.4 Å². The van der Waals surface area contributed by atoms with E-state index in [4.69, 9.17) is 11.5 Å². The van der Waals surface area contributed by atoms with Gasteiger partial charge in [0, 0.05) is 13.1 Å². The Kier molecular flexibility index (Phi) is 4.93. The van der Waals surface area contributed by atoms with Crippen LogP contribution in [0.4, 0.5) is 0 Å². The average molecular weight is 241 g/mol. The molecule has 5 heteroatoms. The van der Waals surface area contributed by atoms with Gasteiger partial charge in [0.15, 0.2) is 0 Å². The van der Waals surface area contributed by atoms with Crippen molar-refractivity contribution in [3.8, 4) is 0 Å². The van der Waals surface area contributed by atoms with E-state index in [9.17, 15) is 9.59 Å². The first-order valence-electron chi connectivity index (χ1n) is 6.29. The molecule has 2 unspecified atom stereocenters.